The molecule has 0 unspecified atom stereocenters. The van der Waals surface area contributed by atoms with E-state index in [9.17, 15) is 8.42 Å². The zero-order valence-electron chi connectivity index (χ0n) is 10.5. The molecule has 0 bridgehead atoms. The van der Waals surface area contributed by atoms with E-state index in [1.807, 2.05) is 19.9 Å². The van der Waals surface area contributed by atoms with Gasteiger partial charge in [0.25, 0.3) is 0 Å². The van der Waals surface area contributed by atoms with Crippen LogP contribution in [0, 0.1) is 17.2 Å². The second-order valence-corrected chi connectivity index (χ2v) is 5.79. The fourth-order valence-electron chi connectivity index (χ4n) is 1.49. The van der Waals surface area contributed by atoms with Crippen LogP contribution in [-0.4, -0.2) is 19.9 Å². The lowest BCUT2D eigenvalue weighted by molar-refractivity contribution is 0.479. The minimum atomic E-state index is -3.52. The Bertz CT molecular complexity index is 513. The lowest BCUT2D eigenvalue weighted by atomic mass is 10.0. The SMILES string of the molecule is CCC(CC)CNS(=O)(=O)c1ccc(C#N)nc1. The summed E-state index contributed by atoms with van der Waals surface area (Å²) in [6, 6.07) is 4.63. The van der Waals surface area contributed by atoms with Gasteiger partial charge in [-0.25, -0.2) is 18.1 Å². The highest BCUT2D eigenvalue weighted by molar-refractivity contribution is 7.89. The first-order valence-electron chi connectivity index (χ1n) is 5.89. The molecule has 0 fully saturated rings. The van der Waals surface area contributed by atoms with Crippen molar-refractivity contribution in [1.82, 2.24) is 9.71 Å². The molecule has 0 aliphatic carbocycles. The minimum Gasteiger partial charge on any atom is -0.244 e. The lowest BCUT2D eigenvalue weighted by Crippen LogP contribution is -2.29. The number of rotatable bonds is 6. The Morgan fingerprint density at radius 1 is 1.39 bits per heavy atom. The average molecular weight is 267 g/mol. The van der Waals surface area contributed by atoms with Crippen LogP contribution in [0.3, 0.4) is 0 Å². The second-order valence-electron chi connectivity index (χ2n) is 4.03. The Kier molecular flexibility index (Phi) is 5.25. The molecule has 98 valence electrons. The van der Waals surface area contributed by atoms with Gasteiger partial charge < -0.3 is 0 Å². The first-order chi connectivity index (χ1) is 8.53. The molecule has 0 aliphatic heterocycles. The van der Waals surface area contributed by atoms with Crippen LogP contribution in [0.15, 0.2) is 23.2 Å². The third-order valence-corrected chi connectivity index (χ3v) is 4.29. The van der Waals surface area contributed by atoms with Crippen molar-refractivity contribution in [2.75, 3.05) is 6.54 Å². The number of hydrogen-bond acceptors (Lipinski definition) is 4. The van der Waals surface area contributed by atoms with Crippen LogP contribution >= 0.6 is 0 Å². The molecule has 1 N–H and O–H groups in total. The van der Waals surface area contributed by atoms with Gasteiger partial charge >= 0.3 is 0 Å². The topological polar surface area (TPSA) is 82.9 Å². The maximum Gasteiger partial charge on any atom is 0.242 e. The van der Waals surface area contributed by atoms with Crippen LogP contribution in [0.25, 0.3) is 0 Å². The summed E-state index contributed by atoms with van der Waals surface area (Å²) in [5.41, 5.74) is 0.203. The lowest BCUT2D eigenvalue weighted by Gasteiger charge is -2.13. The summed E-state index contributed by atoms with van der Waals surface area (Å²) in [7, 11) is -3.52. The number of hydrogen-bond donors (Lipinski definition) is 1. The first kappa shape index (κ1) is 14.6. The predicted octanol–water partition coefficient (Wildman–Crippen LogP) is 1.67. The molecule has 0 radical (unpaired) electrons. The average Bonchev–Trinajstić information content (AvgIpc) is 2.40. The number of nitrogens with one attached hydrogen (secondary N) is 1. The molecule has 0 saturated heterocycles. The van der Waals surface area contributed by atoms with Crippen LogP contribution < -0.4 is 4.72 Å². The fraction of sp³-hybridized carbons (Fsp3) is 0.500. The van der Waals surface area contributed by atoms with Gasteiger partial charge in [-0.2, -0.15) is 5.26 Å². The van der Waals surface area contributed by atoms with Gasteiger partial charge in [0.05, 0.1) is 0 Å². The maximum atomic E-state index is 11.9. The summed E-state index contributed by atoms with van der Waals surface area (Å²) < 4.78 is 26.4. The van der Waals surface area contributed by atoms with Crippen molar-refractivity contribution in [3.05, 3.63) is 24.0 Å². The van der Waals surface area contributed by atoms with Gasteiger partial charge in [-0.05, 0) is 18.1 Å². The smallest absolute Gasteiger partial charge is 0.242 e. The van der Waals surface area contributed by atoms with Crippen molar-refractivity contribution in [3.63, 3.8) is 0 Å². The van der Waals surface area contributed by atoms with Crippen LogP contribution in [0.2, 0.25) is 0 Å². The van der Waals surface area contributed by atoms with Crippen molar-refractivity contribution in [1.29, 1.82) is 5.26 Å². The van der Waals surface area contributed by atoms with Crippen molar-refractivity contribution in [2.24, 2.45) is 5.92 Å². The number of nitrogens with zero attached hydrogens (tertiary/aromatic N) is 2. The van der Waals surface area contributed by atoms with E-state index in [1.165, 1.54) is 18.3 Å². The van der Waals surface area contributed by atoms with E-state index in [-0.39, 0.29) is 10.6 Å². The molecule has 0 saturated carbocycles. The molecule has 1 heterocycles. The van der Waals surface area contributed by atoms with E-state index < -0.39 is 10.0 Å². The number of nitriles is 1. The van der Waals surface area contributed by atoms with E-state index in [0.29, 0.717) is 12.5 Å². The van der Waals surface area contributed by atoms with E-state index in [2.05, 4.69) is 9.71 Å². The zero-order valence-corrected chi connectivity index (χ0v) is 11.4. The predicted molar refractivity (Wildman–Crippen MR) is 68.2 cm³/mol. The maximum absolute atomic E-state index is 11.9. The van der Waals surface area contributed by atoms with Gasteiger partial charge in [0.2, 0.25) is 10.0 Å². The molecular formula is C12H17N3O2S. The van der Waals surface area contributed by atoms with Crippen LogP contribution in [-0.2, 0) is 10.0 Å². The van der Waals surface area contributed by atoms with Gasteiger partial charge in [0, 0.05) is 12.7 Å². The summed E-state index contributed by atoms with van der Waals surface area (Å²) in [4.78, 5) is 3.84. The molecule has 1 rings (SSSR count). The Morgan fingerprint density at radius 2 is 2.06 bits per heavy atom. The molecule has 0 aliphatic rings. The Morgan fingerprint density at radius 3 is 2.50 bits per heavy atom. The van der Waals surface area contributed by atoms with Crippen molar-refractivity contribution >= 4 is 10.0 Å². The summed E-state index contributed by atoms with van der Waals surface area (Å²) in [5.74, 6) is 0.339. The van der Waals surface area contributed by atoms with Crippen molar-refractivity contribution < 1.29 is 8.42 Å². The Hall–Kier alpha value is -1.45. The molecule has 1 aromatic heterocycles. The Balaban J connectivity index is 2.77. The van der Waals surface area contributed by atoms with Crippen molar-refractivity contribution in [3.8, 4) is 6.07 Å². The highest BCUT2D eigenvalue weighted by Gasteiger charge is 2.15. The highest BCUT2D eigenvalue weighted by atomic mass is 32.2. The van der Waals surface area contributed by atoms with E-state index in [0.717, 1.165) is 12.8 Å². The van der Waals surface area contributed by atoms with Crippen LogP contribution in [0.5, 0.6) is 0 Å². The molecule has 5 nitrogen and oxygen atoms in total. The van der Waals surface area contributed by atoms with Gasteiger partial charge in [0.15, 0.2) is 0 Å². The first-order valence-corrected chi connectivity index (χ1v) is 7.37. The number of pyridine rings is 1. The Labute approximate surface area is 108 Å². The van der Waals surface area contributed by atoms with Crippen LogP contribution in [0.4, 0.5) is 0 Å². The van der Waals surface area contributed by atoms with E-state index in [1.54, 1.807) is 0 Å². The minimum absolute atomic E-state index is 0.0902. The van der Waals surface area contributed by atoms with Gasteiger partial charge in [-0.3, -0.25) is 0 Å². The fourth-order valence-corrected chi connectivity index (χ4v) is 2.55. The summed E-state index contributed by atoms with van der Waals surface area (Å²) in [6.07, 6.45) is 3.07. The third-order valence-electron chi connectivity index (χ3n) is 2.88. The van der Waals surface area contributed by atoms with Gasteiger partial charge in [0.1, 0.15) is 16.7 Å². The molecule has 0 atom stereocenters. The zero-order chi connectivity index (χ0) is 13.6. The largest absolute Gasteiger partial charge is 0.244 e. The molecular weight excluding hydrogens is 250 g/mol. The molecule has 6 heteroatoms. The monoisotopic (exact) mass is 267 g/mol. The number of aromatic nitrogens is 1. The van der Waals surface area contributed by atoms with Crippen molar-refractivity contribution in [2.45, 2.75) is 31.6 Å². The molecule has 0 amide bonds. The molecule has 0 aromatic carbocycles. The van der Waals surface area contributed by atoms with Gasteiger partial charge in [-0.15, -0.1) is 0 Å². The quantitative estimate of drug-likeness (QED) is 0.849. The van der Waals surface area contributed by atoms with E-state index >= 15 is 0 Å². The summed E-state index contributed by atoms with van der Waals surface area (Å²) in [6.45, 7) is 4.49. The highest BCUT2D eigenvalue weighted by Crippen LogP contribution is 2.10. The molecule has 1 aromatic rings. The van der Waals surface area contributed by atoms with Gasteiger partial charge in [-0.1, -0.05) is 26.7 Å². The molecule has 18 heavy (non-hydrogen) atoms. The summed E-state index contributed by atoms with van der Waals surface area (Å²) >= 11 is 0. The van der Waals surface area contributed by atoms with Crippen LogP contribution in [0.1, 0.15) is 32.4 Å². The normalized spacial score (nSPS) is 11.4. The summed E-state index contributed by atoms with van der Waals surface area (Å²) in [5, 5.41) is 8.59. The molecule has 0 spiro atoms. The standard InChI is InChI=1S/C12H17N3O2S/c1-3-10(4-2)8-15-18(16,17)12-6-5-11(7-13)14-9-12/h5-6,9-10,15H,3-4,8H2,1-2H3. The van der Waals surface area contributed by atoms with E-state index in [4.69, 9.17) is 5.26 Å². The number of sulfonamides is 1. The third kappa shape index (κ3) is 3.79. The second kappa shape index (κ2) is 6.47.